The van der Waals surface area contributed by atoms with Gasteiger partial charge in [-0.15, -0.1) is 0 Å². The number of carbonyl (C=O) groups is 3. The van der Waals surface area contributed by atoms with Gasteiger partial charge in [0.15, 0.2) is 11.6 Å². The zero-order chi connectivity index (χ0) is 24.0. The molecule has 1 saturated carbocycles. The standard InChI is InChI=1S/C32H22O3/c1-20(33)30-25-18-10-8-16-23(25)27-24-17-9-11-19-26(24)31(30,28(34)21-12-4-2-5-13-21)32(27,30)29(35)22-14-6-3-7-15-22/h2-19,27H,1H3/t27-,30+,31+,32-/m0/s1. The van der Waals surface area contributed by atoms with Gasteiger partial charge in [0.05, 0.1) is 16.2 Å². The fraction of sp³-hybridized carbons (Fsp3) is 0.156. The van der Waals surface area contributed by atoms with Crippen LogP contribution in [0, 0.1) is 5.41 Å². The van der Waals surface area contributed by atoms with E-state index in [1.807, 2.05) is 84.9 Å². The molecule has 0 unspecified atom stereocenters. The summed E-state index contributed by atoms with van der Waals surface area (Å²) in [5.74, 6) is -0.772. The van der Waals surface area contributed by atoms with Crippen LogP contribution in [0.4, 0.5) is 0 Å². The Morgan fingerprint density at radius 2 is 0.971 bits per heavy atom. The molecule has 0 aliphatic heterocycles. The number of carbonyl (C=O) groups excluding carboxylic acids is 3. The molecule has 3 nitrogen and oxygen atoms in total. The fourth-order valence-corrected chi connectivity index (χ4v) is 7.96. The second-order valence-corrected chi connectivity index (χ2v) is 9.86. The summed E-state index contributed by atoms with van der Waals surface area (Å²) in [7, 11) is 0. The Morgan fingerprint density at radius 3 is 1.49 bits per heavy atom. The molecule has 3 aliphatic carbocycles. The number of rotatable bonds is 5. The second-order valence-electron chi connectivity index (χ2n) is 9.86. The number of hydrogen-bond donors (Lipinski definition) is 0. The van der Waals surface area contributed by atoms with Crippen LogP contribution in [-0.2, 0) is 15.6 Å². The first kappa shape index (κ1) is 20.3. The van der Waals surface area contributed by atoms with Crippen molar-refractivity contribution in [2.75, 3.05) is 0 Å². The SMILES string of the molecule is CC(=O)[C@@]12c3ccccc3[C@H]3c4ccccc4[C@]1(C(=O)c1ccccc1)[C@]32C(=O)c1ccccc1. The van der Waals surface area contributed by atoms with E-state index in [0.717, 1.165) is 22.3 Å². The van der Waals surface area contributed by atoms with Crippen LogP contribution >= 0.6 is 0 Å². The quantitative estimate of drug-likeness (QED) is 0.365. The lowest BCUT2D eigenvalue weighted by atomic mass is 9.75. The smallest absolute Gasteiger partial charge is 0.175 e. The highest BCUT2D eigenvalue weighted by atomic mass is 16.2. The van der Waals surface area contributed by atoms with Gasteiger partial charge in [0.25, 0.3) is 0 Å². The minimum absolute atomic E-state index is 0.129. The predicted molar refractivity (Wildman–Crippen MR) is 133 cm³/mol. The summed E-state index contributed by atoms with van der Waals surface area (Å²) in [5.41, 5.74) is 0.897. The third-order valence-corrected chi connectivity index (χ3v) is 8.77. The van der Waals surface area contributed by atoms with Crippen LogP contribution in [0.5, 0.6) is 0 Å². The van der Waals surface area contributed by atoms with Crippen molar-refractivity contribution >= 4 is 17.3 Å². The van der Waals surface area contributed by atoms with Gasteiger partial charge in [0.1, 0.15) is 5.78 Å². The highest BCUT2D eigenvalue weighted by Crippen LogP contribution is 2.93. The zero-order valence-electron chi connectivity index (χ0n) is 19.2. The topological polar surface area (TPSA) is 51.2 Å². The van der Waals surface area contributed by atoms with Crippen LogP contribution < -0.4 is 0 Å². The number of hydrogen-bond acceptors (Lipinski definition) is 3. The molecule has 0 saturated heterocycles. The van der Waals surface area contributed by atoms with Gasteiger partial charge in [-0.2, -0.15) is 0 Å². The number of Topliss-reactive ketones (excluding diaryl/α,β-unsaturated/α-hetero) is 3. The molecule has 0 amide bonds. The Hall–Kier alpha value is -4.11. The van der Waals surface area contributed by atoms with Gasteiger partial charge in [-0.05, 0) is 29.2 Å². The van der Waals surface area contributed by atoms with Crippen molar-refractivity contribution in [1.29, 1.82) is 0 Å². The number of fused-ring (bicyclic) bond motifs is 7. The lowest BCUT2D eigenvalue weighted by Crippen LogP contribution is -2.35. The largest absolute Gasteiger partial charge is 0.299 e. The van der Waals surface area contributed by atoms with E-state index in [4.69, 9.17) is 0 Å². The molecule has 3 heteroatoms. The van der Waals surface area contributed by atoms with E-state index in [0.29, 0.717) is 11.1 Å². The first-order valence-corrected chi connectivity index (χ1v) is 12.0. The van der Waals surface area contributed by atoms with Crippen molar-refractivity contribution in [3.05, 3.63) is 143 Å². The lowest BCUT2D eigenvalue weighted by molar-refractivity contribution is -0.120. The van der Waals surface area contributed by atoms with Gasteiger partial charge in [-0.25, -0.2) is 0 Å². The zero-order valence-corrected chi connectivity index (χ0v) is 19.2. The van der Waals surface area contributed by atoms with Gasteiger partial charge >= 0.3 is 0 Å². The number of benzene rings is 4. The molecule has 4 aromatic rings. The molecule has 0 bridgehead atoms. The van der Waals surface area contributed by atoms with E-state index >= 15 is 0 Å². The molecule has 3 aliphatic rings. The summed E-state index contributed by atoms with van der Waals surface area (Å²) < 4.78 is 0. The van der Waals surface area contributed by atoms with Crippen LogP contribution in [0.15, 0.2) is 109 Å². The minimum atomic E-state index is -1.28. The molecular formula is C32H22O3. The summed E-state index contributed by atoms with van der Waals surface area (Å²) in [5, 5.41) is 0. The summed E-state index contributed by atoms with van der Waals surface area (Å²) in [4.78, 5) is 43.4. The Kier molecular flexibility index (Phi) is 3.77. The van der Waals surface area contributed by atoms with Crippen molar-refractivity contribution in [3.8, 4) is 0 Å². The lowest BCUT2D eigenvalue weighted by Gasteiger charge is -2.24. The molecule has 4 atom stereocenters. The molecule has 0 N–H and O–H groups in total. The Bertz CT molecular complexity index is 1570. The molecule has 168 valence electrons. The third kappa shape index (κ3) is 1.89. The molecule has 0 spiro atoms. The maximum absolute atomic E-state index is 14.8. The van der Waals surface area contributed by atoms with E-state index in [1.54, 1.807) is 31.2 Å². The summed E-state index contributed by atoms with van der Waals surface area (Å²) in [6.07, 6.45) is 0. The van der Waals surface area contributed by atoms with Crippen molar-refractivity contribution in [2.24, 2.45) is 5.41 Å². The predicted octanol–water partition coefficient (Wildman–Crippen LogP) is 5.68. The van der Waals surface area contributed by atoms with Gasteiger partial charge < -0.3 is 0 Å². The van der Waals surface area contributed by atoms with Crippen LogP contribution in [0.3, 0.4) is 0 Å². The molecule has 1 fully saturated rings. The first-order chi connectivity index (χ1) is 17.1. The molecule has 35 heavy (non-hydrogen) atoms. The summed E-state index contributed by atoms with van der Waals surface area (Å²) in [6.45, 7) is 1.56. The molecule has 0 radical (unpaired) electrons. The average Bonchev–Trinajstić information content (AvgIpc) is 3.27. The minimum Gasteiger partial charge on any atom is -0.299 e. The van der Waals surface area contributed by atoms with Crippen molar-refractivity contribution in [3.63, 3.8) is 0 Å². The van der Waals surface area contributed by atoms with E-state index in [2.05, 4.69) is 0 Å². The maximum atomic E-state index is 14.8. The van der Waals surface area contributed by atoms with Crippen LogP contribution in [0.2, 0.25) is 0 Å². The van der Waals surface area contributed by atoms with E-state index in [9.17, 15) is 14.4 Å². The molecular weight excluding hydrogens is 432 g/mol. The summed E-state index contributed by atoms with van der Waals surface area (Å²) >= 11 is 0. The Balaban J connectivity index is 1.66. The van der Waals surface area contributed by atoms with Crippen molar-refractivity contribution < 1.29 is 14.4 Å². The van der Waals surface area contributed by atoms with Crippen LogP contribution in [-0.4, -0.2) is 17.3 Å². The van der Waals surface area contributed by atoms with Crippen molar-refractivity contribution in [1.82, 2.24) is 0 Å². The molecule has 0 heterocycles. The van der Waals surface area contributed by atoms with Gasteiger partial charge in [-0.3, -0.25) is 14.4 Å². The maximum Gasteiger partial charge on any atom is 0.175 e. The third-order valence-electron chi connectivity index (χ3n) is 8.77. The Morgan fingerprint density at radius 1 is 0.543 bits per heavy atom. The first-order valence-electron chi connectivity index (χ1n) is 12.0. The highest BCUT2D eigenvalue weighted by Gasteiger charge is 3.02. The number of ketones is 3. The summed E-state index contributed by atoms with van der Waals surface area (Å²) in [6, 6.07) is 34.0. The van der Waals surface area contributed by atoms with Crippen LogP contribution in [0.1, 0.15) is 55.8 Å². The van der Waals surface area contributed by atoms with E-state index < -0.39 is 16.2 Å². The molecule has 7 rings (SSSR count). The monoisotopic (exact) mass is 454 g/mol. The fourth-order valence-electron chi connectivity index (χ4n) is 7.96. The van der Waals surface area contributed by atoms with E-state index in [-0.39, 0.29) is 23.3 Å². The van der Waals surface area contributed by atoms with Crippen LogP contribution in [0.25, 0.3) is 0 Å². The Labute approximate surface area is 203 Å². The van der Waals surface area contributed by atoms with Gasteiger partial charge in [0.2, 0.25) is 0 Å². The van der Waals surface area contributed by atoms with E-state index in [1.165, 1.54) is 0 Å². The average molecular weight is 455 g/mol. The molecule has 4 aromatic carbocycles. The second kappa shape index (κ2) is 6.51. The van der Waals surface area contributed by atoms with Crippen molar-refractivity contribution in [2.45, 2.75) is 23.7 Å². The van der Waals surface area contributed by atoms with Gasteiger partial charge in [-0.1, -0.05) is 109 Å². The normalized spacial score (nSPS) is 28.5. The molecule has 0 aromatic heterocycles. The highest BCUT2D eigenvalue weighted by molar-refractivity contribution is 6.29. The van der Waals surface area contributed by atoms with Gasteiger partial charge in [0, 0.05) is 17.0 Å².